The molecule has 0 radical (unpaired) electrons. The van der Waals surface area contributed by atoms with Gasteiger partial charge < -0.3 is 0 Å². The van der Waals surface area contributed by atoms with Crippen LogP contribution in [0, 0.1) is 23.7 Å². The summed E-state index contributed by atoms with van der Waals surface area (Å²) in [5, 5.41) is 0. The van der Waals surface area contributed by atoms with Gasteiger partial charge in [0.05, 0.1) is 0 Å². The topological polar surface area (TPSA) is 0 Å². The van der Waals surface area contributed by atoms with E-state index < -0.39 is 0 Å². The Labute approximate surface area is 73.6 Å². The first kappa shape index (κ1) is 8.44. The Morgan fingerprint density at radius 1 is 0.833 bits per heavy atom. The lowest BCUT2D eigenvalue weighted by Gasteiger charge is -1.93. The SMILES string of the molecule is CC#Cc1ccccc1C#CC. The lowest BCUT2D eigenvalue weighted by Crippen LogP contribution is -1.81. The Balaban J connectivity index is 3.20. The number of benzene rings is 1. The fraction of sp³-hybridized carbons (Fsp3) is 0.167. The highest BCUT2D eigenvalue weighted by molar-refractivity contribution is 5.49. The number of hydrogen-bond donors (Lipinski definition) is 0. The van der Waals surface area contributed by atoms with Crippen LogP contribution in [0.3, 0.4) is 0 Å². The zero-order chi connectivity index (χ0) is 8.81. The van der Waals surface area contributed by atoms with E-state index in [0.29, 0.717) is 0 Å². The first-order chi connectivity index (χ1) is 5.88. The summed E-state index contributed by atoms with van der Waals surface area (Å²) in [6, 6.07) is 7.91. The average Bonchev–Trinajstić information content (AvgIpc) is 2.09. The highest BCUT2D eigenvalue weighted by Gasteiger charge is 1.92. The third-order valence-corrected chi connectivity index (χ3v) is 1.45. The first-order valence-corrected chi connectivity index (χ1v) is 3.83. The van der Waals surface area contributed by atoms with E-state index in [1.54, 1.807) is 0 Å². The van der Waals surface area contributed by atoms with Gasteiger partial charge in [-0.25, -0.2) is 0 Å². The second-order valence-corrected chi connectivity index (χ2v) is 2.30. The molecule has 0 N–H and O–H groups in total. The van der Waals surface area contributed by atoms with Gasteiger partial charge in [0.15, 0.2) is 0 Å². The van der Waals surface area contributed by atoms with Gasteiger partial charge in [0.25, 0.3) is 0 Å². The van der Waals surface area contributed by atoms with E-state index >= 15 is 0 Å². The summed E-state index contributed by atoms with van der Waals surface area (Å²) in [6.45, 7) is 3.66. The molecule has 0 aliphatic rings. The molecular formula is C12H10. The van der Waals surface area contributed by atoms with Gasteiger partial charge in [-0.15, -0.1) is 11.8 Å². The van der Waals surface area contributed by atoms with Crippen LogP contribution < -0.4 is 0 Å². The summed E-state index contributed by atoms with van der Waals surface area (Å²) in [5.41, 5.74) is 2.02. The molecule has 1 rings (SSSR count). The van der Waals surface area contributed by atoms with Crippen LogP contribution in [-0.4, -0.2) is 0 Å². The van der Waals surface area contributed by atoms with Gasteiger partial charge in [-0.05, 0) is 26.0 Å². The smallest absolute Gasteiger partial charge is 0.0401 e. The summed E-state index contributed by atoms with van der Waals surface area (Å²) in [6.07, 6.45) is 0. The maximum Gasteiger partial charge on any atom is 0.0401 e. The second-order valence-electron chi connectivity index (χ2n) is 2.30. The molecule has 1 aromatic rings. The standard InChI is InChI=1S/C12H10/c1-3-7-11-9-5-6-10-12(11)8-4-2/h5-6,9-10H,1-2H3. The molecule has 0 aliphatic carbocycles. The second kappa shape index (κ2) is 4.27. The maximum absolute atomic E-state index is 3.01. The molecule has 0 aromatic heterocycles. The highest BCUT2D eigenvalue weighted by Crippen LogP contribution is 2.04. The summed E-state index contributed by atoms with van der Waals surface area (Å²) in [5.74, 6) is 11.7. The Kier molecular flexibility index (Phi) is 3.00. The van der Waals surface area contributed by atoms with E-state index in [2.05, 4.69) is 23.7 Å². The van der Waals surface area contributed by atoms with Gasteiger partial charge in [-0.2, -0.15) is 0 Å². The predicted molar refractivity (Wildman–Crippen MR) is 51.5 cm³/mol. The van der Waals surface area contributed by atoms with Crippen LogP contribution in [0.25, 0.3) is 0 Å². The van der Waals surface area contributed by atoms with Crippen LogP contribution in [0.15, 0.2) is 24.3 Å². The average molecular weight is 154 g/mol. The van der Waals surface area contributed by atoms with Crippen molar-refractivity contribution in [3.63, 3.8) is 0 Å². The van der Waals surface area contributed by atoms with Gasteiger partial charge in [-0.1, -0.05) is 24.0 Å². The maximum atomic E-state index is 3.01. The lowest BCUT2D eigenvalue weighted by molar-refractivity contribution is 1.58. The largest absolute Gasteiger partial charge is 0.101 e. The van der Waals surface area contributed by atoms with Crippen molar-refractivity contribution in [3.05, 3.63) is 35.4 Å². The van der Waals surface area contributed by atoms with Crippen LogP contribution in [-0.2, 0) is 0 Å². The van der Waals surface area contributed by atoms with Gasteiger partial charge in [0, 0.05) is 11.1 Å². The quantitative estimate of drug-likeness (QED) is 0.503. The molecule has 0 nitrogen and oxygen atoms in total. The van der Waals surface area contributed by atoms with Crippen molar-refractivity contribution in [1.29, 1.82) is 0 Å². The molecule has 0 heteroatoms. The van der Waals surface area contributed by atoms with Crippen molar-refractivity contribution in [3.8, 4) is 23.7 Å². The van der Waals surface area contributed by atoms with Crippen LogP contribution in [0.2, 0.25) is 0 Å². The Bertz CT molecular complexity index is 339. The van der Waals surface area contributed by atoms with Crippen molar-refractivity contribution in [2.24, 2.45) is 0 Å². The van der Waals surface area contributed by atoms with E-state index in [4.69, 9.17) is 0 Å². The number of rotatable bonds is 0. The Morgan fingerprint density at radius 2 is 1.25 bits per heavy atom. The van der Waals surface area contributed by atoms with Crippen molar-refractivity contribution in [2.45, 2.75) is 13.8 Å². The van der Waals surface area contributed by atoms with E-state index in [1.165, 1.54) is 0 Å². The molecule has 0 fully saturated rings. The van der Waals surface area contributed by atoms with Crippen molar-refractivity contribution < 1.29 is 0 Å². The summed E-state index contributed by atoms with van der Waals surface area (Å²) in [7, 11) is 0. The molecule has 0 atom stereocenters. The van der Waals surface area contributed by atoms with Gasteiger partial charge in [0.2, 0.25) is 0 Å². The van der Waals surface area contributed by atoms with Gasteiger partial charge in [-0.3, -0.25) is 0 Å². The molecule has 0 bridgehead atoms. The molecule has 1 aromatic carbocycles. The fourth-order valence-corrected chi connectivity index (χ4v) is 0.970. The van der Waals surface area contributed by atoms with Crippen molar-refractivity contribution in [1.82, 2.24) is 0 Å². The van der Waals surface area contributed by atoms with Gasteiger partial charge >= 0.3 is 0 Å². The van der Waals surface area contributed by atoms with Crippen LogP contribution in [0.4, 0.5) is 0 Å². The minimum absolute atomic E-state index is 1.01. The molecular weight excluding hydrogens is 144 g/mol. The Morgan fingerprint density at radius 3 is 1.58 bits per heavy atom. The number of hydrogen-bond acceptors (Lipinski definition) is 0. The molecule has 12 heavy (non-hydrogen) atoms. The highest BCUT2D eigenvalue weighted by atomic mass is 13.9. The minimum atomic E-state index is 1.01. The van der Waals surface area contributed by atoms with E-state index in [1.807, 2.05) is 38.1 Å². The van der Waals surface area contributed by atoms with Crippen LogP contribution in [0.1, 0.15) is 25.0 Å². The molecule has 0 heterocycles. The van der Waals surface area contributed by atoms with E-state index in [-0.39, 0.29) is 0 Å². The summed E-state index contributed by atoms with van der Waals surface area (Å²) < 4.78 is 0. The fourth-order valence-electron chi connectivity index (χ4n) is 0.970. The normalized spacial score (nSPS) is 7.50. The molecule has 58 valence electrons. The zero-order valence-electron chi connectivity index (χ0n) is 7.31. The molecule has 0 amide bonds. The molecule has 0 aliphatic heterocycles. The van der Waals surface area contributed by atoms with Crippen LogP contribution >= 0.6 is 0 Å². The lowest BCUT2D eigenvalue weighted by atomic mass is 10.1. The minimum Gasteiger partial charge on any atom is -0.101 e. The monoisotopic (exact) mass is 154 g/mol. The third kappa shape index (κ3) is 1.91. The molecule has 0 saturated carbocycles. The van der Waals surface area contributed by atoms with E-state index in [0.717, 1.165) is 11.1 Å². The van der Waals surface area contributed by atoms with E-state index in [9.17, 15) is 0 Å². The zero-order valence-corrected chi connectivity index (χ0v) is 7.31. The molecule has 0 saturated heterocycles. The first-order valence-electron chi connectivity index (χ1n) is 3.83. The van der Waals surface area contributed by atoms with Crippen molar-refractivity contribution in [2.75, 3.05) is 0 Å². The molecule has 0 spiro atoms. The summed E-state index contributed by atoms with van der Waals surface area (Å²) >= 11 is 0. The van der Waals surface area contributed by atoms with Crippen molar-refractivity contribution >= 4 is 0 Å². The van der Waals surface area contributed by atoms with Gasteiger partial charge in [0.1, 0.15) is 0 Å². The summed E-state index contributed by atoms with van der Waals surface area (Å²) in [4.78, 5) is 0. The molecule has 0 unspecified atom stereocenters. The Hall–Kier alpha value is -1.66. The third-order valence-electron chi connectivity index (χ3n) is 1.45. The predicted octanol–water partition coefficient (Wildman–Crippen LogP) is 2.43. The van der Waals surface area contributed by atoms with Crippen LogP contribution in [0.5, 0.6) is 0 Å².